The van der Waals surface area contributed by atoms with Crippen molar-refractivity contribution in [1.29, 1.82) is 0 Å². The standard InChI is InChI=1S/C24H21N3O5/c1-16-20(27-24(32-16)18-6-3-2-4-7-18)15-31-22-10-9-17(13-26-22)14-30-21-8-5-11-25-19(21)12-23(28)29/h2-11,13H,12,14-15H2,1H3,(H,28,29). The molecule has 0 unspecified atom stereocenters. The Kier molecular flexibility index (Phi) is 6.41. The molecule has 0 saturated carbocycles. The molecule has 0 aliphatic heterocycles. The van der Waals surface area contributed by atoms with E-state index in [2.05, 4.69) is 15.0 Å². The van der Waals surface area contributed by atoms with Gasteiger partial charge in [-0.05, 0) is 37.3 Å². The Morgan fingerprint density at radius 1 is 0.969 bits per heavy atom. The molecule has 4 aromatic rings. The number of pyridine rings is 2. The number of ether oxygens (including phenoxy) is 2. The topological polar surface area (TPSA) is 108 Å². The fraction of sp³-hybridized carbons (Fsp3) is 0.167. The maximum atomic E-state index is 11.0. The Bertz CT molecular complexity index is 1190. The molecule has 0 spiro atoms. The molecule has 1 aromatic carbocycles. The summed E-state index contributed by atoms with van der Waals surface area (Å²) in [4.78, 5) is 23.9. The number of rotatable bonds is 9. The highest BCUT2D eigenvalue weighted by Crippen LogP contribution is 2.22. The lowest BCUT2D eigenvalue weighted by Gasteiger charge is -2.10. The first-order valence-electron chi connectivity index (χ1n) is 9.96. The van der Waals surface area contributed by atoms with E-state index in [-0.39, 0.29) is 19.6 Å². The maximum absolute atomic E-state index is 11.0. The second-order valence-electron chi connectivity index (χ2n) is 6.99. The Morgan fingerprint density at radius 2 is 1.81 bits per heavy atom. The SMILES string of the molecule is Cc1oc(-c2ccccc2)nc1COc1ccc(COc2cccnc2CC(=O)O)cn1. The molecule has 8 heteroatoms. The van der Waals surface area contributed by atoms with Gasteiger partial charge in [-0.2, -0.15) is 0 Å². The Labute approximate surface area is 184 Å². The number of hydrogen-bond donors (Lipinski definition) is 1. The van der Waals surface area contributed by atoms with E-state index >= 15 is 0 Å². The quantitative estimate of drug-likeness (QED) is 0.420. The number of oxazole rings is 1. The largest absolute Gasteiger partial charge is 0.487 e. The van der Waals surface area contributed by atoms with Gasteiger partial charge in [0.2, 0.25) is 11.8 Å². The van der Waals surface area contributed by atoms with E-state index in [9.17, 15) is 4.79 Å². The normalized spacial score (nSPS) is 10.7. The molecule has 0 amide bonds. The minimum absolute atomic E-state index is 0.200. The highest BCUT2D eigenvalue weighted by atomic mass is 16.5. The summed E-state index contributed by atoms with van der Waals surface area (Å²) >= 11 is 0. The van der Waals surface area contributed by atoms with Gasteiger partial charge in [0.15, 0.2) is 0 Å². The van der Waals surface area contributed by atoms with Crippen molar-refractivity contribution in [3.63, 3.8) is 0 Å². The van der Waals surface area contributed by atoms with Crippen molar-refractivity contribution in [2.45, 2.75) is 26.6 Å². The first-order valence-corrected chi connectivity index (χ1v) is 9.96. The molecular formula is C24H21N3O5. The molecule has 0 saturated heterocycles. The predicted octanol–water partition coefficient (Wildman–Crippen LogP) is 4.23. The van der Waals surface area contributed by atoms with E-state index in [1.54, 1.807) is 24.4 Å². The summed E-state index contributed by atoms with van der Waals surface area (Å²) < 4.78 is 17.2. The van der Waals surface area contributed by atoms with Crippen molar-refractivity contribution in [3.05, 3.63) is 89.7 Å². The van der Waals surface area contributed by atoms with Crippen molar-refractivity contribution in [2.75, 3.05) is 0 Å². The molecule has 0 aliphatic carbocycles. The zero-order valence-corrected chi connectivity index (χ0v) is 17.4. The molecule has 162 valence electrons. The van der Waals surface area contributed by atoms with Gasteiger partial charge in [0.05, 0.1) is 12.1 Å². The molecule has 1 N–H and O–H groups in total. The first-order chi connectivity index (χ1) is 15.6. The second-order valence-corrected chi connectivity index (χ2v) is 6.99. The monoisotopic (exact) mass is 431 g/mol. The molecule has 0 fully saturated rings. The fourth-order valence-electron chi connectivity index (χ4n) is 2.98. The maximum Gasteiger partial charge on any atom is 0.309 e. The lowest BCUT2D eigenvalue weighted by molar-refractivity contribution is -0.136. The summed E-state index contributed by atoms with van der Waals surface area (Å²) in [6.07, 6.45) is 2.99. The van der Waals surface area contributed by atoms with Gasteiger partial charge in [0.1, 0.15) is 30.4 Å². The molecule has 3 aromatic heterocycles. The van der Waals surface area contributed by atoms with Gasteiger partial charge in [-0.1, -0.05) is 18.2 Å². The van der Waals surface area contributed by atoms with Crippen molar-refractivity contribution in [2.24, 2.45) is 0 Å². The van der Waals surface area contributed by atoms with Crippen molar-refractivity contribution >= 4 is 5.97 Å². The number of nitrogens with zero attached hydrogens (tertiary/aromatic N) is 3. The molecule has 0 atom stereocenters. The molecule has 8 nitrogen and oxygen atoms in total. The van der Waals surface area contributed by atoms with Crippen LogP contribution < -0.4 is 9.47 Å². The Morgan fingerprint density at radius 3 is 2.56 bits per heavy atom. The Balaban J connectivity index is 1.34. The van der Waals surface area contributed by atoms with Crippen molar-refractivity contribution in [3.8, 4) is 23.1 Å². The average molecular weight is 431 g/mol. The van der Waals surface area contributed by atoms with Gasteiger partial charge >= 0.3 is 5.97 Å². The molecule has 0 radical (unpaired) electrons. The minimum Gasteiger partial charge on any atom is -0.487 e. The highest BCUT2D eigenvalue weighted by molar-refractivity contribution is 5.70. The van der Waals surface area contributed by atoms with Gasteiger partial charge in [-0.3, -0.25) is 9.78 Å². The highest BCUT2D eigenvalue weighted by Gasteiger charge is 2.12. The van der Waals surface area contributed by atoms with Crippen LogP contribution in [-0.4, -0.2) is 26.0 Å². The van der Waals surface area contributed by atoms with Crippen LogP contribution in [0.25, 0.3) is 11.5 Å². The van der Waals surface area contributed by atoms with Gasteiger partial charge in [-0.25, -0.2) is 9.97 Å². The van der Waals surface area contributed by atoms with Crippen LogP contribution in [0.2, 0.25) is 0 Å². The summed E-state index contributed by atoms with van der Waals surface area (Å²) in [5.74, 6) is 1.17. The van der Waals surface area contributed by atoms with E-state index in [4.69, 9.17) is 19.0 Å². The van der Waals surface area contributed by atoms with Crippen LogP contribution in [0, 0.1) is 6.92 Å². The number of aliphatic carboxylic acids is 1. The summed E-state index contributed by atoms with van der Waals surface area (Å²) in [7, 11) is 0. The van der Waals surface area contributed by atoms with E-state index in [0.717, 1.165) is 11.1 Å². The van der Waals surface area contributed by atoms with Gasteiger partial charge in [-0.15, -0.1) is 0 Å². The summed E-state index contributed by atoms with van der Waals surface area (Å²) in [6, 6.07) is 16.7. The number of aromatic nitrogens is 3. The number of carboxylic acid groups (broad SMARTS) is 1. The van der Waals surface area contributed by atoms with E-state index in [0.29, 0.717) is 34.7 Å². The smallest absolute Gasteiger partial charge is 0.309 e. The second kappa shape index (κ2) is 9.74. The third-order valence-corrected chi connectivity index (χ3v) is 4.63. The van der Waals surface area contributed by atoms with Crippen LogP contribution >= 0.6 is 0 Å². The number of hydrogen-bond acceptors (Lipinski definition) is 7. The van der Waals surface area contributed by atoms with Gasteiger partial charge in [0.25, 0.3) is 0 Å². The summed E-state index contributed by atoms with van der Waals surface area (Å²) in [6.45, 7) is 2.32. The van der Waals surface area contributed by atoms with Crippen LogP contribution in [0.15, 0.2) is 71.4 Å². The summed E-state index contributed by atoms with van der Waals surface area (Å²) in [5.41, 5.74) is 2.81. The lowest BCUT2D eigenvalue weighted by Crippen LogP contribution is -2.06. The predicted molar refractivity (Wildman–Crippen MR) is 115 cm³/mol. The third kappa shape index (κ3) is 5.28. The van der Waals surface area contributed by atoms with Crippen molar-refractivity contribution < 1.29 is 23.8 Å². The van der Waals surface area contributed by atoms with Crippen LogP contribution in [-0.2, 0) is 24.4 Å². The van der Waals surface area contributed by atoms with E-state index in [1.807, 2.05) is 43.3 Å². The molecule has 3 heterocycles. The molecular weight excluding hydrogens is 410 g/mol. The van der Waals surface area contributed by atoms with Crippen LogP contribution in [0.5, 0.6) is 11.6 Å². The van der Waals surface area contributed by atoms with Gasteiger partial charge in [0, 0.05) is 29.6 Å². The molecule has 0 aliphatic rings. The minimum atomic E-state index is -0.963. The van der Waals surface area contributed by atoms with E-state index < -0.39 is 5.97 Å². The zero-order chi connectivity index (χ0) is 22.3. The van der Waals surface area contributed by atoms with Gasteiger partial charge < -0.3 is 19.0 Å². The molecule has 4 rings (SSSR count). The average Bonchev–Trinajstić information content (AvgIpc) is 3.18. The van der Waals surface area contributed by atoms with Crippen molar-refractivity contribution in [1.82, 2.24) is 15.0 Å². The Hall–Kier alpha value is -4.20. The fourth-order valence-corrected chi connectivity index (χ4v) is 2.98. The lowest BCUT2D eigenvalue weighted by atomic mass is 10.2. The molecule has 0 bridgehead atoms. The molecule has 32 heavy (non-hydrogen) atoms. The van der Waals surface area contributed by atoms with E-state index in [1.165, 1.54) is 6.20 Å². The summed E-state index contributed by atoms with van der Waals surface area (Å²) in [5, 5.41) is 8.99. The van der Waals surface area contributed by atoms with Crippen LogP contribution in [0.3, 0.4) is 0 Å². The zero-order valence-electron chi connectivity index (χ0n) is 17.4. The number of carboxylic acids is 1. The van der Waals surface area contributed by atoms with Crippen LogP contribution in [0.1, 0.15) is 22.7 Å². The number of benzene rings is 1. The number of carbonyl (C=O) groups is 1. The van der Waals surface area contributed by atoms with Crippen LogP contribution in [0.4, 0.5) is 0 Å². The number of aryl methyl sites for hydroxylation is 1. The third-order valence-electron chi connectivity index (χ3n) is 4.63. The first kappa shape index (κ1) is 21.0.